The van der Waals surface area contributed by atoms with Gasteiger partial charge in [0.25, 0.3) is 5.91 Å². The summed E-state index contributed by atoms with van der Waals surface area (Å²) >= 11 is 0. The Morgan fingerprint density at radius 1 is 1.42 bits per heavy atom. The van der Waals surface area contributed by atoms with Gasteiger partial charge in [0, 0.05) is 18.5 Å². The first-order valence-corrected chi connectivity index (χ1v) is 7.79. The van der Waals surface area contributed by atoms with Crippen LogP contribution < -0.4 is 15.8 Å². The summed E-state index contributed by atoms with van der Waals surface area (Å²) in [6.07, 6.45) is 1.52. The van der Waals surface area contributed by atoms with Gasteiger partial charge in [-0.1, -0.05) is 6.07 Å². The van der Waals surface area contributed by atoms with Gasteiger partial charge in [0.2, 0.25) is 0 Å². The average molecular weight is 286 g/mol. The van der Waals surface area contributed by atoms with E-state index in [0.717, 1.165) is 6.26 Å². The monoisotopic (exact) mass is 286 g/mol. The molecule has 0 heterocycles. The molecule has 0 aromatic heterocycles. The van der Waals surface area contributed by atoms with Crippen molar-refractivity contribution in [2.24, 2.45) is 0 Å². The Kier molecular flexibility index (Phi) is 5.17. The second-order valence-electron chi connectivity index (χ2n) is 4.16. The molecule has 0 aliphatic carbocycles. The molecular weight excluding hydrogens is 268 g/mol. The van der Waals surface area contributed by atoms with Crippen molar-refractivity contribution < 1.29 is 17.9 Å². The largest absolute Gasteiger partial charge is 0.496 e. The number of nitrogen functional groups attached to an aromatic ring is 1. The van der Waals surface area contributed by atoms with Crippen molar-refractivity contribution >= 4 is 21.4 Å². The lowest BCUT2D eigenvalue weighted by Crippen LogP contribution is -2.27. The molecule has 0 spiro atoms. The van der Waals surface area contributed by atoms with E-state index < -0.39 is 9.84 Å². The summed E-state index contributed by atoms with van der Waals surface area (Å²) in [5, 5.41) is 2.62. The second kappa shape index (κ2) is 6.42. The molecule has 0 radical (unpaired) electrons. The molecular formula is C12H18N2O4S. The first-order valence-electron chi connectivity index (χ1n) is 5.73. The molecule has 7 heteroatoms. The van der Waals surface area contributed by atoms with Crippen LogP contribution in [0.2, 0.25) is 0 Å². The molecule has 1 rings (SSSR count). The first-order chi connectivity index (χ1) is 8.85. The van der Waals surface area contributed by atoms with Crippen LogP contribution >= 0.6 is 0 Å². The predicted molar refractivity (Wildman–Crippen MR) is 74.1 cm³/mol. The van der Waals surface area contributed by atoms with Crippen molar-refractivity contribution in [3.8, 4) is 5.75 Å². The summed E-state index contributed by atoms with van der Waals surface area (Å²) in [5.41, 5.74) is 6.32. The van der Waals surface area contributed by atoms with Gasteiger partial charge in [-0.05, 0) is 18.6 Å². The number of hydrogen-bond acceptors (Lipinski definition) is 5. The van der Waals surface area contributed by atoms with Crippen LogP contribution in [0.25, 0.3) is 0 Å². The number of carbonyl (C=O) groups excluding carboxylic acids is 1. The molecule has 0 aliphatic rings. The number of amides is 1. The van der Waals surface area contributed by atoms with E-state index in [1.807, 2.05) is 0 Å². The molecule has 106 valence electrons. The van der Waals surface area contributed by atoms with Crippen molar-refractivity contribution in [3.63, 3.8) is 0 Å². The minimum atomic E-state index is -3.01. The number of rotatable bonds is 6. The lowest BCUT2D eigenvalue weighted by Gasteiger charge is -2.11. The molecule has 0 saturated heterocycles. The highest BCUT2D eigenvalue weighted by Crippen LogP contribution is 2.23. The molecule has 19 heavy (non-hydrogen) atoms. The van der Waals surface area contributed by atoms with Crippen LogP contribution in [0.3, 0.4) is 0 Å². The van der Waals surface area contributed by atoms with E-state index >= 15 is 0 Å². The molecule has 0 saturated carbocycles. The maximum Gasteiger partial charge on any atom is 0.257 e. The van der Waals surface area contributed by atoms with Crippen molar-refractivity contribution in [2.75, 3.05) is 31.4 Å². The Hall–Kier alpha value is -1.76. The number of ether oxygens (including phenoxy) is 1. The van der Waals surface area contributed by atoms with E-state index in [2.05, 4.69) is 5.32 Å². The van der Waals surface area contributed by atoms with Crippen LogP contribution in [0.4, 0.5) is 5.69 Å². The van der Waals surface area contributed by atoms with E-state index in [1.165, 1.54) is 7.11 Å². The van der Waals surface area contributed by atoms with Gasteiger partial charge in [0.05, 0.1) is 12.9 Å². The molecule has 1 aromatic rings. The Labute approximate surface area is 112 Å². The summed E-state index contributed by atoms with van der Waals surface area (Å²) < 4.78 is 27.0. The number of methoxy groups -OCH3 is 1. The van der Waals surface area contributed by atoms with Crippen molar-refractivity contribution in [2.45, 2.75) is 6.42 Å². The molecule has 1 aromatic carbocycles. The Morgan fingerprint density at radius 3 is 2.68 bits per heavy atom. The van der Waals surface area contributed by atoms with Gasteiger partial charge < -0.3 is 15.8 Å². The van der Waals surface area contributed by atoms with Gasteiger partial charge in [-0.3, -0.25) is 4.79 Å². The van der Waals surface area contributed by atoms with Crippen molar-refractivity contribution in [1.29, 1.82) is 0 Å². The smallest absolute Gasteiger partial charge is 0.257 e. The van der Waals surface area contributed by atoms with Crippen LogP contribution in [0.1, 0.15) is 16.8 Å². The Bertz CT molecular complexity index is 555. The van der Waals surface area contributed by atoms with Crippen LogP contribution in [-0.2, 0) is 9.84 Å². The van der Waals surface area contributed by atoms with Gasteiger partial charge in [-0.2, -0.15) is 0 Å². The predicted octanol–water partition coefficient (Wildman–Crippen LogP) is 0.442. The number of hydrogen-bond donors (Lipinski definition) is 2. The molecule has 0 aliphatic heterocycles. The van der Waals surface area contributed by atoms with Gasteiger partial charge in [-0.15, -0.1) is 0 Å². The first kappa shape index (κ1) is 15.3. The normalized spacial score (nSPS) is 11.1. The zero-order chi connectivity index (χ0) is 14.5. The van der Waals surface area contributed by atoms with Gasteiger partial charge in [-0.25, -0.2) is 8.42 Å². The fourth-order valence-electron chi connectivity index (χ4n) is 1.59. The summed E-state index contributed by atoms with van der Waals surface area (Å²) in [6, 6.07) is 4.93. The highest BCUT2D eigenvalue weighted by molar-refractivity contribution is 7.90. The molecule has 0 unspecified atom stereocenters. The Balaban J connectivity index is 2.64. The molecule has 3 N–H and O–H groups in total. The fourth-order valence-corrected chi connectivity index (χ4v) is 2.25. The van der Waals surface area contributed by atoms with Crippen LogP contribution in [0.5, 0.6) is 5.75 Å². The minimum Gasteiger partial charge on any atom is -0.496 e. The Morgan fingerprint density at radius 2 is 2.11 bits per heavy atom. The van der Waals surface area contributed by atoms with Crippen LogP contribution in [0, 0.1) is 0 Å². The third kappa shape index (κ3) is 4.78. The van der Waals surface area contributed by atoms with Crippen molar-refractivity contribution in [1.82, 2.24) is 5.32 Å². The summed E-state index contributed by atoms with van der Waals surface area (Å²) in [4.78, 5) is 11.9. The lowest BCUT2D eigenvalue weighted by molar-refractivity contribution is 0.0951. The number of nitrogens with two attached hydrogens (primary N) is 1. The number of carbonyl (C=O) groups is 1. The van der Waals surface area contributed by atoms with E-state index in [4.69, 9.17) is 10.5 Å². The van der Waals surface area contributed by atoms with E-state index in [1.54, 1.807) is 18.2 Å². The summed E-state index contributed by atoms with van der Waals surface area (Å²) in [7, 11) is -1.55. The summed E-state index contributed by atoms with van der Waals surface area (Å²) in [5.74, 6) is 0.0540. The molecule has 0 fully saturated rings. The van der Waals surface area contributed by atoms with Gasteiger partial charge in [0.15, 0.2) is 0 Å². The topological polar surface area (TPSA) is 98.5 Å². The minimum absolute atomic E-state index is 0.0364. The van der Waals surface area contributed by atoms with E-state index in [-0.39, 0.29) is 23.8 Å². The molecule has 0 bridgehead atoms. The number of nitrogens with one attached hydrogen (secondary N) is 1. The average Bonchev–Trinajstić information content (AvgIpc) is 2.32. The van der Waals surface area contributed by atoms with Crippen LogP contribution in [-0.4, -0.2) is 40.0 Å². The number of benzene rings is 1. The third-order valence-electron chi connectivity index (χ3n) is 2.48. The second-order valence-corrected chi connectivity index (χ2v) is 6.42. The standard InChI is InChI=1S/C12H18N2O4S/c1-18-10-6-3-5-9(13)11(10)12(15)14-7-4-8-19(2,16)17/h3,5-6H,4,7-8,13H2,1-2H3,(H,14,15). The molecule has 1 amide bonds. The zero-order valence-electron chi connectivity index (χ0n) is 11.0. The van der Waals surface area contributed by atoms with Gasteiger partial charge in [0.1, 0.15) is 21.2 Å². The van der Waals surface area contributed by atoms with Crippen LogP contribution in [0.15, 0.2) is 18.2 Å². The quantitative estimate of drug-likeness (QED) is 0.584. The SMILES string of the molecule is COc1cccc(N)c1C(=O)NCCCS(C)(=O)=O. The van der Waals surface area contributed by atoms with Gasteiger partial charge >= 0.3 is 0 Å². The van der Waals surface area contributed by atoms with Crippen molar-refractivity contribution in [3.05, 3.63) is 23.8 Å². The van der Waals surface area contributed by atoms with E-state index in [9.17, 15) is 13.2 Å². The number of anilines is 1. The lowest BCUT2D eigenvalue weighted by atomic mass is 10.1. The highest BCUT2D eigenvalue weighted by Gasteiger charge is 2.15. The summed E-state index contributed by atoms with van der Waals surface area (Å²) in [6.45, 7) is 0.267. The van der Waals surface area contributed by atoms with E-state index in [0.29, 0.717) is 17.9 Å². The maximum atomic E-state index is 11.9. The maximum absolute atomic E-state index is 11.9. The number of sulfone groups is 1. The fraction of sp³-hybridized carbons (Fsp3) is 0.417. The zero-order valence-corrected chi connectivity index (χ0v) is 11.8. The third-order valence-corrected chi connectivity index (χ3v) is 3.51. The highest BCUT2D eigenvalue weighted by atomic mass is 32.2. The molecule has 0 atom stereocenters. The molecule has 6 nitrogen and oxygen atoms in total.